The van der Waals surface area contributed by atoms with Crippen LogP contribution in [0.3, 0.4) is 0 Å². The first-order valence-electron chi connectivity index (χ1n) is 10.4. The van der Waals surface area contributed by atoms with Gasteiger partial charge in [0.05, 0.1) is 25.0 Å². The highest BCUT2D eigenvalue weighted by Gasteiger charge is 2.40. The van der Waals surface area contributed by atoms with Gasteiger partial charge in [-0.2, -0.15) is 0 Å². The second-order valence-corrected chi connectivity index (χ2v) is 7.34. The highest BCUT2D eigenvalue weighted by Crippen LogP contribution is 2.34. The first-order valence-corrected chi connectivity index (χ1v) is 10.4. The van der Waals surface area contributed by atoms with Crippen molar-refractivity contribution in [2.24, 2.45) is 0 Å². The minimum absolute atomic E-state index is 0.235. The molecule has 0 unspecified atom stereocenters. The molecule has 32 heavy (non-hydrogen) atoms. The number of carbonyl (C=O) groups excluding carboxylic acids is 2. The van der Waals surface area contributed by atoms with Crippen molar-refractivity contribution in [3.63, 3.8) is 0 Å². The summed E-state index contributed by atoms with van der Waals surface area (Å²) in [6.45, 7) is 4.46. The molecule has 0 radical (unpaired) electrons. The maximum Gasteiger partial charge on any atom is 0.282 e. The Morgan fingerprint density at radius 3 is 2.03 bits per heavy atom. The van der Waals surface area contributed by atoms with Crippen LogP contribution >= 0.6 is 0 Å². The Hall–Kier alpha value is -4.06. The largest absolute Gasteiger partial charge is 0.497 e. The second kappa shape index (κ2) is 8.98. The van der Waals surface area contributed by atoms with E-state index < -0.39 is 5.91 Å². The molecule has 0 aromatic heterocycles. The normalized spacial score (nSPS) is 13.5. The molecule has 1 aliphatic heterocycles. The molecule has 3 aromatic rings. The first kappa shape index (κ1) is 21.2. The van der Waals surface area contributed by atoms with E-state index in [4.69, 9.17) is 9.47 Å². The topological polar surface area (TPSA) is 67.9 Å². The Balaban J connectivity index is 1.74. The van der Waals surface area contributed by atoms with Crippen LogP contribution in [0.4, 0.5) is 11.4 Å². The van der Waals surface area contributed by atoms with Gasteiger partial charge < -0.3 is 14.8 Å². The number of methoxy groups -OCH3 is 1. The van der Waals surface area contributed by atoms with Crippen molar-refractivity contribution < 1.29 is 19.1 Å². The highest BCUT2D eigenvalue weighted by atomic mass is 16.5. The Labute approximate surface area is 187 Å². The molecule has 2 amide bonds. The maximum absolute atomic E-state index is 13.5. The summed E-state index contributed by atoms with van der Waals surface area (Å²) < 4.78 is 10.7. The fourth-order valence-electron chi connectivity index (χ4n) is 3.55. The number of hydrogen-bond donors (Lipinski definition) is 1. The van der Waals surface area contributed by atoms with E-state index in [9.17, 15) is 9.59 Å². The van der Waals surface area contributed by atoms with E-state index >= 15 is 0 Å². The Kier molecular flexibility index (Phi) is 5.94. The predicted molar refractivity (Wildman–Crippen MR) is 125 cm³/mol. The average molecular weight is 428 g/mol. The van der Waals surface area contributed by atoms with Crippen LogP contribution in [0.5, 0.6) is 11.5 Å². The molecular weight excluding hydrogens is 404 g/mol. The lowest BCUT2D eigenvalue weighted by Gasteiger charge is -2.16. The van der Waals surface area contributed by atoms with E-state index in [1.54, 1.807) is 31.4 Å². The minimum atomic E-state index is -0.412. The zero-order chi connectivity index (χ0) is 22.7. The number of anilines is 2. The highest BCUT2D eigenvalue weighted by molar-refractivity contribution is 6.46. The SMILES string of the molecule is CCOc1ccc(NC2=C(c3ccc(C)cc3)C(=O)N(c3ccc(OC)cc3)C2=O)cc1. The maximum atomic E-state index is 13.5. The molecule has 0 fully saturated rings. The van der Waals surface area contributed by atoms with Crippen LogP contribution in [0.1, 0.15) is 18.1 Å². The van der Waals surface area contributed by atoms with Crippen molar-refractivity contribution in [2.45, 2.75) is 13.8 Å². The number of amides is 2. The van der Waals surface area contributed by atoms with Crippen LogP contribution in [0.25, 0.3) is 5.57 Å². The van der Waals surface area contributed by atoms with E-state index in [0.717, 1.165) is 11.3 Å². The number of hydrogen-bond acceptors (Lipinski definition) is 5. The summed E-state index contributed by atoms with van der Waals surface area (Å²) in [6, 6.07) is 21.7. The van der Waals surface area contributed by atoms with E-state index in [1.807, 2.05) is 62.4 Å². The number of rotatable bonds is 7. The van der Waals surface area contributed by atoms with Crippen LogP contribution < -0.4 is 19.7 Å². The van der Waals surface area contributed by atoms with Gasteiger partial charge in [-0.3, -0.25) is 9.59 Å². The van der Waals surface area contributed by atoms with Crippen LogP contribution in [0.15, 0.2) is 78.5 Å². The minimum Gasteiger partial charge on any atom is -0.497 e. The van der Waals surface area contributed by atoms with Crippen molar-refractivity contribution in [2.75, 3.05) is 23.9 Å². The first-order chi connectivity index (χ1) is 15.5. The van der Waals surface area contributed by atoms with Crippen molar-refractivity contribution in [3.05, 3.63) is 89.6 Å². The third-order valence-electron chi connectivity index (χ3n) is 5.19. The molecule has 0 spiro atoms. The van der Waals surface area contributed by atoms with Gasteiger partial charge in [-0.15, -0.1) is 0 Å². The molecule has 0 aliphatic carbocycles. The quantitative estimate of drug-likeness (QED) is 0.548. The fraction of sp³-hybridized carbons (Fsp3) is 0.154. The van der Waals surface area contributed by atoms with Crippen LogP contribution in [0, 0.1) is 6.92 Å². The molecule has 4 rings (SSSR count). The number of imide groups is 1. The molecule has 1 heterocycles. The summed E-state index contributed by atoms with van der Waals surface area (Å²) in [5.74, 6) is 0.592. The van der Waals surface area contributed by atoms with Gasteiger partial charge in [0, 0.05) is 5.69 Å². The van der Waals surface area contributed by atoms with Crippen LogP contribution in [-0.4, -0.2) is 25.5 Å². The molecule has 6 nitrogen and oxygen atoms in total. The van der Waals surface area contributed by atoms with Crippen LogP contribution in [-0.2, 0) is 9.59 Å². The summed E-state index contributed by atoms with van der Waals surface area (Å²) in [5.41, 5.74) is 3.48. The summed E-state index contributed by atoms with van der Waals surface area (Å²) in [6.07, 6.45) is 0. The molecule has 0 atom stereocenters. The van der Waals surface area contributed by atoms with Gasteiger partial charge in [0.1, 0.15) is 17.2 Å². The van der Waals surface area contributed by atoms with Gasteiger partial charge in [0.15, 0.2) is 0 Å². The van der Waals surface area contributed by atoms with E-state index in [2.05, 4.69) is 5.32 Å². The lowest BCUT2D eigenvalue weighted by molar-refractivity contribution is -0.120. The summed E-state index contributed by atoms with van der Waals surface area (Å²) in [5, 5.41) is 3.16. The van der Waals surface area contributed by atoms with Gasteiger partial charge in [0.25, 0.3) is 11.8 Å². The smallest absolute Gasteiger partial charge is 0.282 e. The third kappa shape index (κ3) is 4.07. The molecular formula is C26H24N2O4. The zero-order valence-corrected chi connectivity index (χ0v) is 18.2. The molecule has 162 valence electrons. The second-order valence-electron chi connectivity index (χ2n) is 7.34. The van der Waals surface area contributed by atoms with Gasteiger partial charge in [-0.1, -0.05) is 29.8 Å². The summed E-state index contributed by atoms with van der Waals surface area (Å²) in [7, 11) is 1.57. The molecule has 0 saturated carbocycles. The number of carbonyl (C=O) groups is 2. The molecule has 3 aromatic carbocycles. The van der Waals surface area contributed by atoms with Crippen molar-refractivity contribution in [3.8, 4) is 11.5 Å². The van der Waals surface area contributed by atoms with Crippen molar-refractivity contribution in [1.82, 2.24) is 0 Å². The molecule has 1 N–H and O–H groups in total. The summed E-state index contributed by atoms with van der Waals surface area (Å²) in [4.78, 5) is 28.1. The van der Waals surface area contributed by atoms with Gasteiger partial charge >= 0.3 is 0 Å². The lowest BCUT2D eigenvalue weighted by Crippen LogP contribution is -2.32. The van der Waals surface area contributed by atoms with Gasteiger partial charge in [-0.25, -0.2) is 4.90 Å². The number of benzene rings is 3. The van der Waals surface area contributed by atoms with E-state index in [0.29, 0.717) is 34.9 Å². The zero-order valence-electron chi connectivity index (χ0n) is 18.2. The lowest BCUT2D eigenvalue weighted by atomic mass is 10.0. The average Bonchev–Trinajstić information content (AvgIpc) is 3.05. The van der Waals surface area contributed by atoms with E-state index in [1.165, 1.54) is 4.90 Å². The molecule has 0 bridgehead atoms. The number of aryl methyl sites for hydroxylation is 1. The fourth-order valence-corrected chi connectivity index (χ4v) is 3.55. The predicted octanol–water partition coefficient (Wildman–Crippen LogP) is 4.80. The van der Waals surface area contributed by atoms with Gasteiger partial charge in [-0.05, 0) is 67.9 Å². The molecule has 6 heteroatoms. The standard InChI is InChI=1S/C26H24N2O4/c1-4-32-22-13-9-19(10-14-22)27-24-23(18-7-5-17(2)6-8-18)25(29)28(26(24)30)20-11-15-21(31-3)16-12-20/h5-16,27H,4H2,1-3H3. The van der Waals surface area contributed by atoms with Crippen LogP contribution in [0.2, 0.25) is 0 Å². The number of nitrogens with one attached hydrogen (secondary N) is 1. The van der Waals surface area contributed by atoms with Crippen molar-refractivity contribution in [1.29, 1.82) is 0 Å². The summed E-state index contributed by atoms with van der Waals surface area (Å²) >= 11 is 0. The molecule has 1 aliphatic rings. The van der Waals surface area contributed by atoms with Gasteiger partial charge in [0.2, 0.25) is 0 Å². The number of nitrogens with zero attached hydrogens (tertiary/aromatic N) is 1. The third-order valence-corrected chi connectivity index (χ3v) is 5.19. The van der Waals surface area contributed by atoms with Crippen molar-refractivity contribution >= 4 is 28.8 Å². The Morgan fingerprint density at radius 2 is 1.44 bits per heavy atom. The van der Waals surface area contributed by atoms with E-state index in [-0.39, 0.29) is 11.6 Å². The Morgan fingerprint density at radius 1 is 0.812 bits per heavy atom. The number of ether oxygens (including phenoxy) is 2. The Bertz CT molecular complexity index is 1160. The monoisotopic (exact) mass is 428 g/mol. The molecule has 0 saturated heterocycles.